The normalized spacial score (nSPS) is 12.6. The van der Waals surface area contributed by atoms with Crippen molar-refractivity contribution in [3.8, 4) is 50.5 Å². The van der Waals surface area contributed by atoms with E-state index in [-0.39, 0.29) is 16.4 Å². The summed E-state index contributed by atoms with van der Waals surface area (Å²) >= 11 is 1.64. The van der Waals surface area contributed by atoms with E-state index in [4.69, 9.17) is 4.98 Å². The second-order valence-electron chi connectivity index (χ2n) is 19.3. The molecule has 0 saturated carbocycles. The summed E-state index contributed by atoms with van der Waals surface area (Å²) in [5.41, 5.74) is 10.0. The number of benzene rings is 6. The average Bonchev–Trinajstić information content (AvgIpc) is 3.82. The van der Waals surface area contributed by atoms with E-state index in [2.05, 4.69) is 167 Å². The van der Waals surface area contributed by atoms with Crippen LogP contribution >= 0.6 is 11.3 Å². The summed E-state index contributed by atoms with van der Waals surface area (Å²) in [5.74, 6) is 0.824. The van der Waals surface area contributed by atoms with Crippen molar-refractivity contribution in [2.24, 2.45) is 5.41 Å². The molecule has 0 atom stereocenters. The van der Waals surface area contributed by atoms with Crippen molar-refractivity contribution in [2.75, 3.05) is 0 Å². The van der Waals surface area contributed by atoms with Gasteiger partial charge in [-0.15, -0.1) is 11.3 Å². The molecule has 0 unspecified atom stereocenters. The van der Waals surface area contributed by atoms with Crippen LogP contribution in [-0.2, 0) is 18.0 Å². The fourth-order valence-corrected chi connectivity index (χ4v) is 10.3. The van der Waals surface area contributed by atoms with Crippen LogP contribution in [0.3, 0.4) is 0 Å². The van der Waals surface area contributed by atoms with E-state index in [1.807, 2.05) is 30.5 Å². The maximum Gasteiger partial charge on any atom is 0.418 e. The summed E-state index contributed by atoms with van der Waals surface area (Å²) in [6.45, 7) is 15.2. The topological polar surface area (TPSA) is 30.7 Å². The molecular formula is C57H48F3N3S. The van der Waals surface area contributed by atoms with Crippen LogP contribution in [-0.4, -0.2) is 14.5 Å². The van der Waals surface area contributed by atoms with Gasteiger partial charge in [0.25, 0.3) is 0 Å². The third kappa shape index (κ3) is 7.56. The maximum atomic E-state index is 14.7. The molecule has 0 amide bonds. The first-order valence-electron chi connectivity index (χ1n) is 21.7. The molecule has 10 rings (SSSR count). The minimum atomic E-state index is -4.58. The highest BCUT2D eigenvalue weighted by molar-refractivity contribution is 7.19. The van der Waals surface area contributed by atoms with E-state index in [9.17, 15) is 13.2 Å². The summed E-state index contributed by atoms with van der Waals surface area (Å²) in [7, 11) is 0. The molecule has 0 radical (unpaired) electrons. The van der Waals surface area contributed by atoms with Gasteiger partial charge >= 0.3 is 6.18 Å². The van der Waals surface area contributed by atoms with Gasteiger partial charge in [0.15, 0.2) is 0 Å². The van der Waals surface area contributed by atoms with E-state index >= 15 is 0 Å². The lowest BCUT2D eigenvalue weighted by molar-refractivity contribution is -0.137. The molecule has 64 heavy (non-hydrogen) atoms. The van der Waals surface area contributed by atoms with Crippen LogP contribution in [0.25, 0.3) is 93.1 Å². The molecule has 3 nitrogen and oxygen atoms in total. The van der Waals surface area contributed by atoms with Gasteiger partial charge in [0.1, 0.15) is 5.82 Å². The molecule has 0 bridgehead atoms. The molecule has 4 heterocycles. The number of thiophene rings is 1. The van der Waals surface area contributed by atoms with Gasteiger partial charge < -0.3 is 0 Å². The smallest absolute Gasteiger partial charge is 0.294 e. The molecule has 318 valence electrons. The van der Waals surface area contributed by atoms with Crippen LogP contribution in [0, 0.1) is 12.3 Å². The Kier molecular flexibility index (Phi) is 9.91. The van der Waals surface area contributed by atoms with Crippen molar-refractivity contribution >= 4 is 54.0 Å². The predicted molar refractivity (Wildman–Crippen MR) is 263 cm³/mol. The molecular weight excluding hydrogens is 816 g/mol. The number of hydrogen-bond acceptors (Lipinski definition) is 3. The summed E-state index contributed by atoms with van der Waals surface area (Å²) in [5, 5.41) is 5.38. The summed E-state index contributed by atoms with van der Waals surface area (Å²) in [6.07, 6.45) is -0.864. The van der Waals surface area contributed by atoms with E-state index < -0.39 is 11.7 Å². The Bertz CT molecular complexity index is 3410. The molecule has 0 aliphatic rings. The van der Waals surface area contributed by atoms with Gasteiger partial charge in [-0.25, -0.2) is 4.98 Å². The number of rotatable bonds is 6. The Hall–Kier alpha value is -6.57. The number of halogens is 3. The molecule has 4 aromatic heterocycles. The standard InChI is InChI=1S/C57H48F3N3S/c1-34-27-47-42-13-10-12-41(46(42)30-48(54(47)64-34)50-31-45(49(33-62-50)57(58,59)60)37-17-15-35(16-18-37)32-55(2,3)4)39-21-24-44-43-11-8-9-14-51(43)63(52(44)28-39)53-29-38(25-26-61-53)36-19-22-40(23-20-36)56(5,6)7/h8-31,33H,32H2,1-7H3. The van der Waals surface area contributed by atoms with Gasteiger partial charge in [-0.2, -0.15) is 13.2 Å². The summed E-state index contributed by atoms with van der Waals surface area (Å²) < 4.78 is 47.3. The van der Waals surface area contributed by atoms with Crippen molar-refractivity contribution < 1.29 is 13.2 Å². The average molecular weight is 864 g/mol. The Morgan fingerprint density at radius 1 is 0.547 bits per heavy atom. The quantitative estimate of drug-likeness (QED) is 0.167. The first kappa shape index (κ1) is 41.4. The molecule has 0 aliphatic carbocycles. The zero-order chi connectivity index (χ0) is 44.7. The highest BCUT2D eigenvalue weighted by Gasteiger charge is 2.35. The molecule has 0 saturated heterocycles. The van der Waals surface area contributed by atoms with E-state index in [1.165, 1.54) is 5.56 Å². The maximum absolute atomic E-state index is 14.7. The van der Waals surface area contributed by atoms with Crippen molar-refractivity contribution in [2.45, 2.75) is 66.5 Å². The highest BCUT2D eigenvalue weighted by Crippen LogP contribution is 2.45. The minimum absolute atomic E-state index is 0.0503. The molecule has 7 heteroatoms. The largest absolute Gasteiger partial charge is 0.418 e. The molecule has 10 aromatic rings. The monoisotopic (exact) mass is 863 g/mol. The number of para-hydroxylation sites is 1. The lowest BCUT2D eigenvalue weighted by Crippen LogP contribution is -2.10. The SMILES string of the molecule is Cc1cc2c(s1)c(-c1cc(-c3ccc(CC(C)(C)C)cc3)c(C(F)(F)F)cn1)cc1c(-c3ccc4c5ccccc5n(-c5cc(-c6ccc(C(C)(C)C)cc6)ccn5)c4c3)cccc12. The minimum Gasteiger partial charge on any atom is -0.294 e. The molecule has 0 fully saturated rings. The van der Waals surface area contributed by atoms with Crippen molar-refractivity contribution in [1.82, 2.24) is 14.5 Å². The Labute approximate surface area is 375 Å². The van der Waals surface area contributed by atoms with E-state index in [0.29, 0.717) is 11.3 Å². The van der Waals surface area contributed by atoms with Gasteiger partial charge in [-0.1, -0.05) is 139 Å². The fourth-order valence-electron chi connectivity index (χ4n) is 9.27. The lowest BCUT2D eigenvalue weighted by atomic mass is 9.86. The van der Waals surface area contributed by atoms with Gasteiger partial charge in [-0.05, 0) is 122 Å². The fraction of sp³-hybridized carbons (Fsp3) is 0.193. The Balaban J connectivity index is 1.14. The summed E-state index contributed by atoms with van der Waals surface area (Å²) in [6, 6.07) is 47.9. The van der Waals surface area contributed by atoms with E-state index in [0.717, 1.165) is 99.4 Å². The second kappa shape index (κ2) is 15.3. The van der Waals surface area contributed by atoms with Crippen molar-refractivity contribution in [3.05, 3.63) is 173 Å². The Morgan fingerprint density at radius 3 is 1.98 bits per heavy atom. The number of aromatic nitrogens is 3. The zero-order valence-corrected chi connectivity index (χ0v) is 37.8. The van der Waals surface area contributed by atoms with Crippen LogP contribution in [0.2, 0.25) is 0 Å². The van der Waals surface area contributed by atoms with Crippen LogP contribution in [0.1, 0.15) is 63.1 Å². The third-order valence-electron chi connectivity index (χ3n) is 12.3. The van der Waals surface area contributed by atoms with Gasteiger partial charge in [0, 0.05) is 43.7 Å². The predicted octanol–water partition coefficient (Wildman–Crippen LogP) is 16.8. The first-order chi connectivity index (χ1) is 30.5. The molecule has 0 N–H and O–H groups in total. The molecule has 6 aromatic carbocycles. The number of aryl methyl sites for hydroxylation is 1. The first-order valence-corrected chi connectivity index (χ1v) is 22.6. The van der Waals surface area contributed by atoms with Gasteiger partial charge in [0.05, 0.1) is 22.3 Å². The van der Waals surface area contributed by atoms with Crippen LogP contribution in [0.15, 0.2) is 152 Å². The summed E-state index contributed by atoms with van der Waals surface area (Å²) in [4.78, 5) is 10.6. The zero-order valence-electron chi connectivity index (χ0n) is 37.0. The van der Waals surface area contributed by atoms with Crippen LogP contribution < -0.4 is 0 Å². The number of hydrogen-bond donors (Lipinski definition) is 0. The number of pyridine rings is 2. The second-order valence-corrected chi connectivity index (χ2v) is 20.5. The molecule has 0 aliphatic heterocycles. The van der Waals surface area contributed by atoms with Gasteiger partial charge in [-0.3, -0.25) is 9.55 Å². The van der Waals surface area contributed by atoms with E-state index in [1.54, 1.807) is 17.4 Å². The third-order valence-corrected chi connectivity index (χ3v) is 13.4. The number of alkyl halides is 3. The lowest BCUT2D eigenvalue weighted by Gasteiger charge is -2.19. The van der Waals surface area contributed by atoms with Crippen molar-refractivity contribution in [3.63, 3.8) is 0 Å². The highest BCUT2D eigenvalue weighted by atomic mass is 32.1. The Morgan fingerprint density at radius 2 is 1.25 bits per heavy atom. The number of nitrogens with zero attached hydrogens (tertiary/aromatic N) is 3. The van der Waals surface area contributed by atoms with Crippen molar-refractivity contribution in [1.29, 1.82) is 0 Å². The van der Waals surface area contributed by atoms with Gasteiger partial charge in [0.2, 0.25) is 0 Å². The number of fused-ring (bicyclic) bond motifs is 6. The van der Waals surface area contributed by atoms with Crippen LogP contribution in [0.5, 0.6) is 0 Å². The van der Waals surface area contributed by atoms with Crippen LogP contribution in [0.4, 0.5) is 13.2 Å². The molecule has 0 spiro atoms.